The summed E-state index contributed by atoms with van der Waals surface area (Å²) in [7, 11) is 0. The number of rotatable bonds is 0. The molecule has 0 aromatic heterocycles. The van der Waals surface area contributed by atoms with Crippen LogP contribution in [0.15, 0.2) is 0 Å². The van der Waals surface area contributed by atoms with Crippen molar-refractivity contribution in [2.24, 2.45) is 0 Å². The minimum atomic E-state index is 0. The molecule has 0 rings (SSSR count). The van der Waals surface area contributed by atoms with Crippen molar-refractivity contribution in [3.63, 3.8) is 0 Å². The zero-order chi connectivity index (χ0) is 0. The molecule has 43 valence electrons. The van der Waals surface area contributed by atoms with Crippen LogP contribution in [0.5, 0.6) is 0 Å². The molecule has 0 amide bonds. The molecule has 0 fully saturated rings. The van der Waals surface area contributed by atoms with Gasteiger partial charge in [0.25, 0.3) is 0 Å². The first-order chi connectivity index (χ1) is 0. The molecule has 0 N–H and O–H groups in total. The van der Waals surface area contributed by atoms with Crippen molar-refractivity contribution >= 4 is 139 Å². The monoisotopic (exact) mass is 876 g/mol. The van der Waals surface area contributed by atoms with Crippen LogP contribution in [0.2, 0.25) is 0 Å². The summed E-state index contributed by atoms with van der Waals surface area (Å²) in [4.78, 5) is 0. The standard InChI is InChI=1S/2Au.7Ga. The van der Waals surface area contributed by atoms with Crippen molar-refractivity contribution in [1.29, 1.82) is 0 Å². The first-order valence-electron chi connectivity index (χ1n) is 0. The van der Waals surface area contributed by atoms with Gasteiger partial charge in [0.15, 0.2) is 0 Å². The van der Waals surface area contributed by atoms with Crippen LogP contribution in [0.4, 0.5) is 0 Å². The SMILES string of the molecule is [Au].[Au].[Ga].[Ga].[Ga].[Ga].[Ga].[Ga].[Ga]. The predicted octanol–water partition coefficient (Wildman–Crippen LogP) is -2.67. The van der Waals surface area contributed by atoms with E-state index in [0.717, 1.165) is 0 Å². The average Bonchev–Trinajstić information content (AvgIpc) is 0. The second-order valence-corrected chi connectivity index (χ2v) is 0. The summed E-state index contributed by atoms with van der Waals surface area (Å²) in [5, 5.41) is 0. The number of hydrogen-bond acceptors (Lipinski definition) is 0. The van der Waals surface area contributed by atoms with E-state index in [0.29, 0.717) is 0 Å². The van der Waals surface area contributed by atoms with E-state index in [1.165, 1.54) is 0 Å². The molecule has 0 aliphatic rings. The molecule has 9 heteroatoms. The van der Waals surface area contributed by atoms with Gasteiger partial charge in [0, 0.05) is 183 Å². The Morgan fingerprint density at radius 2 is 0.222 bits per heavy atom. The summed E-state index contributed by atoms with van der Waals surface area (Å²) < 4.78 is 0. The van der Waals surface area contributed by atoms with E-state index >= 15 is 0 Å². The minimum Gasteiger partial charge on any atom is 0 e. The first-order valence-corrected chi connectivity index (χ1v) is 0. The minimum absolute atomic E-state index is 0. The molecule has 0 nitrogen and oxygen atoms in total. The fourth-order valence-corrected chi connectivity index (χ4v) is 0. The van der Waals surface area contributed by atoms with Crippen LogP contribution in [-0.4, -0.2) is 139 Å². The quantitative estimate of drug-likeness (QED) is 0.234. The Hall–Kier alpha value is 5.94. The van der Waals surface area contributed by atoms with Gasteiger partial charge in [0.1, 0.15) is 0 Å². The van der Waals surface area contributed by atoms with Crippen LogP contribution < -0.4 is 0 Å². The van der Waals surface area contributed by atoms with Gasteiger partial charge in [-0.25, -0.2) is 0 Å². The molecule has 0 heterocycles. The summed E-state index contributed by atoms with van der Waals surface area (Å²) in [6.07, 6.45) is 0. The van der Waals surface area contributed by atoms with Gasteiger partial charge in [-0.15, -0.1) is 0 Å². The van der Waals surface area contributed by atoms with E-state index in [1.807, 2.05) is 0 Å². The molecule has 0 aliphatic heterocycles. The topological polar surface area (TPSA) is 0 Å². The molecule has 0 aromatic carbocycles. The second-order valence-electron chi connectivity index (χ2n) is 0. The van der Waals surface area contributed by atoms with Crippen LogP contribution in [0.1, 0.15) is 0 Å². The summed E-state index contributed by atoms with van der Waals surface area (Å²) in [6, 6.07) is 0. The third-order valence-corrected chi connectivity index (χ3v) is 0. The number of hydrogen-bond donors (Lipinski definition) is 0. The van der Waals surface area contributed by atoms with Gasteiger partial charge in [-0.3, -0.25) is 0 Å². The largest absolute Gasteiger partial charge is 0 e. The van der Waals surface area contributed by atoms with Crippen LogP contribution in [0.25, 0.3) is 0 Å². The fraction of sp³-hybridized carbons (Fsp3) is 0. The molecular formula is Au2Ga7. The fourth-order valence-electron chi connectivity index (χ4n) is 0. The van der Waals surface area contributed by atoms with E-state index < -0.39 is 0 Å². The van der Waals surface area contributed by atoms with Crippen molar-refractivity contribution in [2.45, 2.75) is 0 Å². The zero-order valence-corrected chi connectivity index (χ0v) is 25.9. The van der Waals surface area contributed by atoms with E-state index in [1.54, 1.807) is 0 Å². The van der Waals surface area contributed by atoms with Gasteiger partial charge in [0.05, 0.1) is 0 Å². The first kappa shape index (κ1) is 82.3. The van der Waals surface area contributed by atoms with Crippen molar-refractivity contribution in [2.75, 3.05) is 0 Å². The Labute approximate surface area is 179 Å². The van der Waals surface area contributed by atoms with Gasteiger partial charge in [0.2, 0.25) is 0 Å². The van der Waals surface area contributed by atoms with Gasteiger partial charge in [-0.1, -0.05) is 0 Å². The zero-order valence-electron chi connectivity index (χ0n) is 4.64. The molecule has 0 atom stereocenters. The molecule has 0 aliphatic carbocycles. The Bertz CT molecular complexity index is 6.88. The van der Waals surface area contributed by atoms with Crippen LogP contribution in [0, 0.1) is 0 Å². The predicted molar refractivity (Wildman–Crippen MR) is 40.3 cm³/mol. The maximum atomic E-state index is 0. The van der Waals surface area contributed by atoms with Crippen LogP contribution >= 0.6 is 0 Å². The molecule has 0 saturated heterocycles. The molecule has 0 spiro atoms. The Morgan fingerprint density at radius 1 is 0.222 bits per heavy atom. The van der Waals surface area contributed by atoms with Crippen molar-refractivity contribution in [1.82, 2.24) is 0 Å². The second kappa shape index (κ2) is 66.2. The normalized spacial score (nSPS) is 0. The van der Waals surface area contributed by atoms with Gasteiger partial charge in [-0.2, -0.15) is 0 Å². The van der Waals surface area contributed by atoms with Crippen molar-refractivity contribution in [3.05, 3.63) is 0 Å². The van der Waals surface area contributed by atoms with Gasteiger partial charge in [-0.05, 0) is 0 Å². The van der Waals surface area contributed by atoms with Crippen molar-refractivity contribution < 1.29 is 44.8 Å². The third kappa shape index (κ3) is 56.4. The Kier molecular flexibility index (Phi) is 606. The summed E-state index contributed by atoms with van der Waals surface area (Å²) in [5.74, 6) is 0. The Balaban J connectivity index is 0. The molecular weight excluding hydrogens is 882 g/mol. The van der Waals surface area contributed by atoms with E-state index in [2.05, 4.69) is 0 Å². The van der Waals surface area contributed by atoms with Gasteiger partial charge >= 0.3 is 0 Å². The molecule has 0 aromatic rings. The smallest absolute Gasteiger partial charge is 0 e. The van der Waals surface area contributed by atoms with E-state index in [9.17, 15) is 0 Å². The molecule has 0 unspecified atom stereocenters. The molecule has 0 saturated carbocycles. The third-order valence-electron chi connectivity index (χ3n) is 0. The van der Waals surface area contributed by atoms with E-state index in [-0.39, 0.29) is 183 Å². The summed E-state index contributed by atoms with van der Waals surface area (Å²) in [5.41, 5.74) is 0. The molecule has 23 radical (unpaired) electrons. The van der Waals surface area contributed by atoms with Crippen LogP contribution in [0.3, 0.4) is 0 Å². The average molecular weight is 882 g/mol. The maximum Gasteiger partial charge on any atom is 0 e. The summed E-state index contributed by atoms with van der Waals surface area (Å²) >= 11 is 0. The van der Waals surface area contributed by atoms with Gasteiger partial charge < -0.3 is 0 Å². The molecule has 9 heavy (non-hydrogen) atoms. The van der Waals surface area contributed by atoms with Crippen molar-refractivity contribution in [3.8, 4) is 0 Å². The van der Waals surface area contributed by atoms with E-state index in [4.69, 9.17) is 0 Å². The van der Waals surface area contributed by atoms with Crippen LogP contribution in [-0.2, 0) is 44.8 Å². The summed E-state index contributed by atoms with van der Waals surface area (Å²) in [6.45, 7) is 0. The maximum absolute atomic E-state index is 0. The Morgan fingerprint density at radius 3 is 0.222 bits per heavy atom. The molecule has 0 bridgehead atoms.